The van der Waals surface area contributed by atoms with E-state index in [-0.39, 0.29) is 12.5 Å². The van der Waals surface area contributed by atoms with E-state index in [9.17, 15) is 4.79 Å². The number of carbonyl (C=O) groups is 1. The zero-order valence-corrected chi connectivity index (χ0v) is 12.8. The standard InChI is InChI=1S/C13H22ClN3O2/c1-5-7-17(9-12(18)19-6-2)8-11-10(3)15-16(4)13(11)14/h5-9H2,1-4H3. The van der Waals surface area contributed by atoms with Gasteiger partial charge in [-0.25, -0.2) is 0 Å². The molecule has 1 heterocycles. The SMILES string of the molecule is CCCN(CC(=O)OCC)Cc1c(C)nn(C)c1Cl. The first-order valence-electron chi connectivity index (χ1n) is 6.55. The van der Waals surface area contributed by atoms with E-state index >= 15 is 0 Å². The predicted octanol–water partition coefficient (Wildman–Crippen LogP) is 2.16. The molecule has 1 aromatic rings. The van der Waals surface area contributed by atoms with Gasteiger partial charge in [-0.15, -0.1) is 0 Å². The number of aryl methyl sites for hydroxylation is 2. The number of aromatic nitrogens is 2. The van der Waals surface area contributed by atoms with Crippen molar-refractivity contribution < 1.29 is 9.53 Å². The van der Waals surface area contributed by atoms with Gasteiger partial charge in [0.1, 0.15) is 5.15 Å². The molecular weight excluding hydrogens is 266 g/mol. The van der Waals surface area contributed by atoms with E-state index in [0.717, 1.165) is 24.2 Å². The first-order chi connectivity index (χ1) is 8.99. The summed E-state index contributed by atoms with van der Waals surface area (Å²) in [6.07, 6.45) is 0.969. The Morgan fingerprint density at radius 2 is 2.16 bits per heavy atom. The molecule has 19 heavy (non-hydrogen) atoms. The molecular formula is C13H22ClN3O2. The Morgan fingerprint density at radius 1 is 1.47 bits per heavy atom. The number of hydrogen-bond donors (Lipinski definition) is 0. The number of carbonyl (C=O) groups excluding carboxylic acids is 1. The van der Waals surface area contributed by atoms with E-state index in [4.69, 9.17) is 16.3 Å². The molecule has 0 aliphatic heterocycles. The zero-order chi connectivity index (χ0) is 14.4. The van der Waals surface area contributed by atoms with Crippen LogP contribution in [0.25, 0.3) is 0 Å². The van der Waals surface area contributed by atoms with Gasteiger partial charge in [-0.3, -0.25) is 14.4 Å². The van der Waals surface area contributed by atoms with E-state index in [0.29, 0.717) is 18.3 Å². The van der Waals surface area contributed by atoms with Gasteiger partial charge in [0.15, 0.2) is 0 Å². The monoisotopic (exact) mass is 287 g/mol. The van der Waals surface area contributed by atoms with E-state index in [2.05, 4.69) is 12.0 Å². The van der Waals surface area contributed by atoms with Gasteiger partial charge in [0.05, 0.1) is 18.8 Å². The molecule has 0 aliphatic carbocycles. The van der Waals surface area contributed by atoms with Gasteiger partial charge in [0.2, 0.25) is 0 Å². The lowest BCUT2D eigenvalue weighted by molar-refractivity contribution is -0.144. The Balaban J connectivity index is 2.75. The number of hydrogen-bond acceptors (Lipinski definition) is 4. The molecule has 0 aliphatic rings. The van der Waals surface area contributed by atoms with E-state index in [1.165, 1.54) is 0 Å². The van der Waals surface area contributed by atoms with E-state index in [1.807, 2.05) is 25.8 Å². The number of esters is 1. The zero-order valence-electron chi connectivity index (χ0n) is 12.1. The molecule has 0 unspecified atom stereocenters. The molecule has 0 N–H and O–H groups in total. The van der Waals surface area contributed by atoms with Crippen LogP contribution in [-0.4, -0.2) is 40.3 Å². The predicted molar refractivity (Wildman–Crippen MR) is 75.2 cm³/mol. The van der Waals surface area contributed by atoms with Crippen LogP contribution in [0.5, 0.6) is 0 Å². The Kier molecular flexibility index (Phi) is 6.31. The number of ether oxygens (including phenoxy) is 1. The average molecular weight is 288 g/mol. The summed E-state index contributed by atoms with van der Waals surface area (Å²) < 4.78 is 6.64. The summed E-state index contributed by atoms with van der Waals surface area (Å²) in [5.74, 6) is -0.200. The molecule has 0 amide bonds. The molecule has 108 valence electrons. The fourth-order valence-corrected chi connectivity index (χ4v) is 2.23. The summed E-state index contributed by atoms with van der Waals surface area (Å²) in [6.45, 7) is 7.95. The maximum atomic E-state index is 11.6. The second-order valence-corrected chi connectivity index (χ2v) is 4.85. The lowest BCUT2D eigenvalue weighted by Gasteiger charge is -2.20. The van der Waals surface area contributed by atoms with Crippen molar-refractivity contribution in [3.63, 3.8) is 0 Å². The minimum Gasteiger partial charge on any atom is -0.465 e. The first-order valence-corrected chi connectivity index (χ1v) is 6.93. The van der Waals surface area contributed by atoms with Crippen LogP contribution >= 0.6 is 11.6 Å². The highest BCUT2D eigenvalue weighted by molar-refractivity contribution is 6.30. The molecule has 5 nitrogen and oxygen atoms in total. The minimum atomic E-state index is -0.200. The van der Waals surface area contributed by atoms with Crippen molar-refractivity contribution in [2.75, 3.05) is 19.7 Å². The summed E-state index contributed by atoms with van der Waals surface area (Å²) in [4.78, 5) is 13.6. The summed E-state index contributed by atoms with van der Waals surface area (Å²) >= 11 is 6.21. The van der Waals surface area contributed by atoms with Gasteiger partial charge in [0.25, 0.3) is 0 Å². The van der Waals surface area contributed by atoms with Crippen molar-refractivity contribution in [3.05, 3.63) is 16.4 Å². The molecule has 0 saturated carbocycles. The van der Waals surface area contributed by atoms with Crippen molar-refractivity contribution in [1.29, 1.82) is 0 Å². The molecule has 0 bridgehead atoms. The molecule has 6 heteroatoms. The molecule has 0 spiro atoms. The molecule has 0 aromatic carbocycles. The summed E-state index contributed by atoms with van der Waals surface area (Å²) in [7, 11) is 1.81. The van der Waals surface area contributed by atoms with Gasteiger partial charge in [-0.05, 0) is 26.8 Å². The maximum Gasteiger partial charge on any atom is 0.320 e. The normalized spacial score (nSPS) is 11.1. The second kappa shape index (κ2) is 7.50. The highest BCUT2D eigenvalue weighted by Gasteiger charge is 2.17. The average Bonchev–Trinajstić information content (AvgIpc) is 2.56. The van der Waals surface area contributed by atoms with Crippen molar-refractivity contribution in [1.82, 2.24) is 14.7 Å². The second-order valence-electron chi connectivity index (χ2n) is 4.49. The molecule has 0 radical (unpaired) electrons. The van der Waals surface area contributed by atoms with Crippen LogP contribution in [0.4, 0.5) is 0 Å². The lowest BCUT2D eigenvalue weighted by Crippen LogP contribution is -2.31. The Morgan fingerprint density at radius 3 is 2.63 bits per heavy atom. The molecule has 0 saturated heterocycles. The van der Waals surface area contributed by atoms with Crippen molar-refractivity contribution >= 4 is 17.6 Å². The summed E-state index contributed by atoms with van der Waals surface area (Å²) in [5.41, 5.74) is 1.87. The van der Waals surface area contributed by atoms with Gasteiger partial charge >= 0.3 is 5.97 Å². The van der Waals surface area contributed by atoms with Crippen molar-refractivity contribution in [3.8, 4) is 0 Å². The van der Waals surface area contributed by atoms with Crippen LogP contribution in [0, 0.1) is 6.92 Å². The van der Waals surface area contributed by atoms with Gasteiger partial charge in [0, 0.05) is 19.2 Å². The van der Waals surface area contributed by atoms with Crippen LogP contribution in [0.15, 0.2) is 0 Å². The van der Waals surface area contributed by atoms with E-state index < -0.39 is 0 Å². The Hall–Kier alpha value is -1.07. The van der Waals surface area contributed by atoms with Crippen LogP contribution in [0.2, 0.25) is 5.15 Å². The van der Waals surface area contributed by atoms with Crippen molar-refractivity contribution in [2.45, 2.75) is 33.7 Å². The first kappa shape index (κ1) is 16.0. The summed E-state index contributed by atoms with van der Waals surface area (Å²) in [6, 6.07) is 0. The van der Waals surface area contributed by atoms with Crippen LogP contribution in [0.1, 0.15) is 31.5 Å². The fourth-order valence-electron chi connectivity index (χ4n) is 2.00. The molecule has 0 atom stereocenters. The highest BCUT2D eigenvalue weighted by atomic mass is 35.5. The van der Waals surface area contributed by atoms with Gasteiger partial charge in [-0.2, -0.15) is 5.10 Å². The molecule has 1 aromatic heterocycles. The van der Waals surface area contributed by atoms with Gasteiger partial charge < -0.3 is 4.74 Å². The number of nitrogens with zero attached hydrogens (tertiary/aromatic N) is 3. The fraction of sp³-hybridized carbons (Fsp3) is 0.692. The van der Waals surface area contributed by atoms with Crippen LogP contribution in [-0.2, 0) is 23.1 Å². The largest absolute Gasteiger partial charge is 0.465 e. The maximum absolute atomic E-state index is 11.6. The van der Waals surface area contributed by atoms with Crippen molar-refractivity contribution in [2.24, 2.45) is 7.05 Å². The topological polar surface area (TPSA) is 47.4 Å². The van der Waals surface area contributed by atoms with Crippen LogP contribution in [0.3, 0.4) is 0 Å². The smallest absolute Gasteiger partial charge is 0.320 e. The Bertz CT molecular complexity index is 432. The number of rotatable bonds is 7. The lowest BCUT2D eigenvalue weighted by atomic mass is 10.2. The third kappa shape index (κ3) is 4.51. The summed E-state index contributed by atoms with van der Waals surface area (Å²) in [5, 5.41) is 4.91. The van der Waals surface area contributed by atoms with Gasteiger partial charge in [-0.1, -0.05) is 18.5 Å². The highest BCUT2D eigenvalue weighted by Crippen LogP contribution is 2.20. The third-order valence-corrected chi connectivity index (χ3v) is 3.32. The van der Waals surface area contributed by atoms with E-state index in [1.54, 1.807) is 4.68 Å². The molecule has 1 rings (SSSR count). The minimum absolute atomic E-state index is 0.200. The Labute approximate surface area is 119 Å². The quantitative estimate of drug-likeness (QED) is 0.721. The molecule has 0 fully saturated rings. The van der Waals surface area contributed by atoms with Crippen LogP contribution < -0.4 is 0 Å². The number of halogens is 1. The third-order valence-electron chi connectivity index (χ3n) is 2.85.